The number of nitrogens with zero attached hydrogens (tertiary/aromatic N) is 3. The summed E-state index contributed by atoms with van der Waals surface area (Å²) >= 11 is 0. The summed E-state index contributed by atoms with van der Waals surface area (Å²) in [6, 6.07) is 3.75. The molecule has 0 aromatic carbocycles. The molecule has 5 heteroatoms. The third-order valence-corrected chi connectivity index (χ3v) is 2.13. The van der Waals surface area contributed by atoms with Crippen molar-refractivity contribution in [2.24, 2.45) is 0 Å². The van der Waals surface area contributed by atoms with Gasteiger partial charge in [0, 0.05) is 18.4 Å². The Hall–Kier alpha value is -2.01. The van der Waals surface area contributed by atoms with Crippen LogP contribution in [0.3, 0.4) is 0 Å². The lowest BCUT2D eigenvalue weighted by Gasteiger charge is -2.05. The van der Waals surface area contributed by atoms with Crippen molar-refractivity contribution in [2.45, 2.75) is 13.5 Å². The fraction of sp³-hybridized carbons (Fsp3) is 0.250. The summed E-state index contributed by atoms with van der Waals surface area (Å²) in [5.74, 6) is 1.13. The smallest absolute Gasteiger partial charge is 0.238 e. The molecule has 0 saturated heterocycles. The summed E-state index contributed by atoms with van der Waals surface area (Å²) in [7, 11) is 1.86. The van der Waals surface area contributed by atoms with Gasteiger partial charge in [0.15, 0.2) is 0 Å². The zero-order chi connectivity index (χ0) is 12.1. The molecule has 2 aromatic rings. The van der Waals surface area contributed by atoms with E-state index in [0.29, 0.717) is 18.2 Å². The molecule has 2 heterocycles. The summed E-state index contributed by atoms with van der Waals surface area (Å²) < 4.78 is 5.56. The number of ether oxygens (including phenoxy) is 1. The monoisotopic (exact) mass is 230 g/mol. The predicted octanol–water partition coefficient (Wildman–Crippen LogP) is 1.69. The maximum atomic E-state index is 5.56. The summed E-state index contributed by atoms with van der Waals surface area (Å²) in [6.45, 7) is 2.59. The van der Waals surface area contributed by atoms with Crippen LogP contribution in [-0.4, -0.2) is 22.0 Å². The van der Waals surface area contributed by atoms with E-state index in [1.807, 2.05) is 26.1 Å². The number of aryl methyl sites for hydroxylation is 1. The fourth-order valence-corrected chi connectivity index (χ4v) is 1.34. The molecule has 0 saturated carbocycles. The first-order valence-electron chi connectivity index (χ1n) is 5.34. The average Bonchev–Trinajstić information content (AvgIpc) is 2.33. The molecular weight excluding hydrogens is 216 g/mol. The second-order valence-electron chi connectivity index (χ2n) is 3.62. The van der Waals surface area contributed by atoms with Gasteiger partial charge in [-0.05, 0) is 26.1 Å². The number of rotatable bonds is 4. The van der Waals surface area contributed by atoms with Gasteiger partial charge < -0.3 is 10.1 Å². The molecule has 2 rings (SSSR count). The molecule has 0 amide bonds. The normalized spacial score (nSPS) is 10.2. The molecule has 88 valence electrons. The van der Waals surface area contributed by atoms with Crippen molar-refractivity contribution >= 4 is 0 Å². The van der Waals surface area contributed by atoms with Crippen molar-refractivity contribution < 1.29 is 4.74 Å². The van der Waals surface area contributed by atoms with Crippen LogP contribution in [0.1, 0.15) is 11.4 Å². The Bertz CT molecular complexity index is 484. The first-order chi connectivity index (χ1) is 8.28. The molecule has 0 radical (unpaired) electrons. The topological polar surface area (TPSA) is 59.9 Å². The SMILES string of the molecule is CNCc1cncc(Oc2ccc(C)nc2)n1. The van der Waals surface area contributed by atoms with E-state index < -0.39 is 0 Å². The molecule has 0 aliphatic heterocycles. The molecule has 0 unspecified atom stereocenters. The Morgan fingerprint density at radius 2 is 2.12 bits per heavy atom. The van der Waals surface area contributed by atoms with E-state index in [-0.39, 0.29) is 0 Å². The van der Waals surface area contributed by atoms with E-state index in [0.717, 1.165) is 11.4 Å². The second kappa shape index (κ2) is 5.36. The molecule has 0 spiro atoms. The van der Waals surface area contributed by atoms with Crippen LogP contribution in [-0.2, 0) is 6.54 Å². The fourth-order valence-electron chi connectivity index (χ4n) is 1.34. The van der Waals surface area contributed by atoms with E-state index >= 15 is 0 Å². The van der Waals surface area contributed by atoms with Crippen LogP contribution in [0.25, 0.3) is 0 Å². The Morgan fingerprint density at radius 3 is 2.82 bits per heavy atom. The highest BCUT2D eigenvalue weighted by molar-refractivity contribution is 5.24. The summed E-state index contributed by atoms with van der Waals surface area (Å²) in [6.07, 6.45) is 4.96. The van der Waals surface area contributed by atoms with Gasteiger partial charge in [-0.15, -0.1) is 0 Å². The Morgan fingerprint density at radius 1 is 1.24 bits per heavy atom. The third-order valence-electron chi connectivity index (χ3n) is 2.13. The number of nitrogens with one attached hydrogen (secondary N) is 1. The molecule has 0 aliphatic rings. The molecule has 2 aromatic heterocycles. The third kappa shape index (κ3) is 3.22. The lowest BCUT2D eigenvalue weighted by molar-refractivity contribution is 0.454. The molecule has 5 nitrogen and oxygen atoms in total. The first kappa shape index (κ1) is 11.5. The molecular formula is C12H14N4O. The van der Waals surface area contributed by atoms with Gasteiger partial charge in [0.2, 0.25) is 5.88 Å². The maximum absolute atomic E-state index is 5.56. The molecule has 1 N–H and O–H groups in total. The highest BCUT2D eigenvalue weighted by Crippen LogP contribution is 2.17. The average molecular weight is 230 g/mol. The maximum Gasteiger partial charge on any atom is 0.238 e. The van der Waals surface area contributed by atoms with Crippen LogP contribution < -0.4 is 10.1 Å². The van der Waals surface area contributed by atoms with Crippen molar-refractivity contribution in [2.75, 3.05) is 7.05 Å². The summed E-state index contributed by atoms with van der Waals surface area (Å²) in [5.41, 5.74) is 1.79. The predicted molar refractivity (Wildman–Crippen MR) is 63.8 cm³/mol. The lowest BCUT2D eigenvalue weighted by atomic mass is 10.4. The zero-order valence-corrected chi connectivity index (χ0v) is 9.84. The van der Waals surface area contributed by atoms with E-state index in [9.17, 15) is 0 Å². The van der Waals surface area contributed by atoms with Crippen molar-refractivity contribution in [3.63, 3.8) is 0 Å². The molecule has 17 heavy (non-hydrogen) atoms. The van der Waals surface area contributed by atoms with Gasteiger partial charge in [0.05, 0.1) is 18.1 Å². The second-order valence-corrected chi connectivity index (χ2v) is 3.62. The van der Waals surface area contributed by atoms with Crippen LogP contribution in [0.4, 0.5) is 0 Å². The zero-order valence-electron chi connectivity index (χ0n) is 9.84. The van der Waals surface area contributed by atoms with Crippen molar-refractivity contribution in [3.8, 4) is 11.6 Å². The van der Waals surface area contributed by atoms with Crippen LogP contribution in [0.5, 0.6) is 11.6 Å². The van der Waals surface area contributed by atoms with Crippen LogP contribution in [0.15, 0.2) is 30.7 Å². The minimum atomic E-state index is 0.475. The molecule has 0 bridgehead atoms. The van der Waals surface area contributed by atoms with E-state index in [1.54, 1.807) is 18.6 Å². The Balaban J connectivity index is 2.12. The number of hydrogen-bond acceptors (Lipinski definition) is 5. The van der Waals surface area contributed by atoms with Crippen LogP contribution in [0, 0.1) is 6.92 Å². The summed E-state index contributed by atoms with van der Waals surface area (Å²) in [5, 5.41) is 3.01. The van der Waals surface area contributed by atoms with Gasteiger partial charge in [-0.1, -0.05) is 0 Å². The number of hydrogen-bond donors (Lipinski definition) is 1. The Labute approximate surface area is 99.9 Å². The lowest BCUT2D eigenvalue weighted by Crippen LogP contribution is -2.07. The highest BCUT2D eigenvalue weighted by atomic mass is 16.5. The van der Waals surface area contributed by atoms with E-state index in [4.69, 9.17) is 4.74 Å². The minimum absolute atomic E-state index is 0.475. The minimum Gasteiger partial charge on any atom is -0.436 e. The standard InChI is InChI=1S/C12H14N4O/c1-9-3-4-11(7-15-9)17-12-8-14-6-10(16-12)5-13-2/h3-4,6-8,13H,5H2,1-2H3. The van der Waals surface area contributed by atoms with Gasteiger partial charge in [0.25, 0.3) is 0 Å². The van der Waals surface area contributed by atoms with Gasteiger partial charge in [-0.3, -0.25) is 9.97 Å². The quantitative estimate of drug-likeness (QED) is 0.866. The summed E-state index contributed by atoms with van der Waals surface area (Å²) in [4.78, 5) is 12.5. The van der Waals surface area contributed by atoms with Gasteiger partial charge in [0.1, 0.15) is 5.75 Å². The van der Waals surface area contributed by atoms with Crippen molar-refractivity contribution in [1.29, 1.82) is 0 Å². The van der Waals surface area contributed by atoms with Crippen molar-refractivity contribution in [3.05, 3.63) is 42.1 Å². The van der Waals surface area contributed by atoms with Gasteiger partial charge >= 0.3 is 0 Å². The largest absolute Gasteiger partial charge is 0.436 e. The molecule has 0 atom stereocenters. The van der Waals surface area contributed by atoms with E-state index in [1.165, 1.54) is 0 Å². The van der Waals surface area contributed by atoms with Crippen molar-refractivity contribution in [1.82, 2.24) is 20.3 Å². The first-order valence-corrected chi connectivity index (χ1v) is 5.34. The van der Waals surface area contributed by atoms with E-state index in [2.05, 4.69) is 20.3 Å². The van der Waals surface area contributed by atoms with Gasteiger partial charge in [-0.2, -0.15) is 0 Å². The highest BCUT2D eigenvalue weighted by Gasteiger charge is 2.01. The molecule has 0 aliphatic carbocycles. The Kier molecular flexibility index (Phi) is 3.62. The van der Waals surface area contributed by atoms with Gasteiger partial charge in [-0.25, -0.2) is 4.98 Å². The van der Waals surface area contributed by atoms with Crippen LogP contribution in [0.2, 0.25) is 0 Å². The van der Waals surface area contributed by atoms with Crippen LogP contribution >= 0.6 is 0 Å². The molecule has 0 fully saturated rings. The number of pyridine rings is 1. The number of aromatic nitrogens is 3.